The summed E-state index contributed by atoms with van der Waals surface area (Å²) in [7, 11) is 1.59. The van der Waals surface area contributed by atoms with E-state index in [0.717, 1.165) is 16.6 Å². The molecule has 2 atom stereocenters. The molecule has 3 rings (SSSR count). The fraction of sp³-hybridized carbons (Fsp3) is 0.412. The number of nitrogens with one attached hydrogen (secondary N) is 1. The molecule has 2 aromatic rings. The lowest BCUT2D eigenvalue weighted by atomic mass is 10.1. The van der Waals surface area contributed by atoms with Gasteiger partial charge in [0.25, 0.3) is 5.91 Å². The summed E-state index contributed by atoms with van der Waals surface area (Å²) in [5.74, 6) is -1.04. The predicted molar refractivity (Wildman–Crippen MR) is 85.5 cm³/mol. The molecule has 1 aliphatic heterocycles. The van der Waals surface area contributed by atoms with E-state index < -0.39 is 5.97 Å². The quantitative estimate of drug-likeness (QED) is 0.905. The van der Waals surface area contributed by atoms with E-state index in [4.69, 9.17) is 9.84 Å². The molecule has 0 saturated carbocycles. The first kappa shape index (κ1) is 15.6. The van der Waals surface area contributed by atoms with Gasteiger partial charge in [0.2, 0.25) is 0 Å². The number of nitrogens with zero attached hydrogens (tertiary/aromatic N) is 1. The van der Waals surface area contributed by atoms with Crippen LogP contribution in [0, 0.1) is 6.92 Å². The lowest BCUT2D eigenvalue weighted by Crippen LogP contribution is -2.37. The van der Waals surface area contributed by atoms with E-state index in [1.165, 1.54) is 0 Å². The molecule has 1 saturated heterocycles. The Morgan fingerprint density at radius 1 is 1.39 bits per heavy atom. The summed E-state index contributed by atoms with van der Waals surface area (Å²) in [5, 5.41) is 9.97. The van der Waals surface area contributed by atoms with Gasteiger partial charge in [-0.05, 0) is 19.4 Å². The number of fused-ring (bicyclic) bond motifs is 1. The number of aryl methyl sites for hydroxylation is 1. The molecule has 6 heteroatoms. The van der Waals surface area contributed by atoms with Crippen molar-refractivity contribution in [2.75, 3.05) is 13.7 Å². The number of rotatable bonds is 4. The number of carboxylic acid groups (broad SMARTS) is 1. The molecule has 0 aliphatic carbocycles. The Balaban J connectivity index is 1.96. The topological polar surface area (TPSA) is 82.6 Å². The maximum absolute atomic E-state index is 13.1. The molecule has 122 valence electrons. The number of likely N-dealkylation sites (tertiary alicyclic amines) is 1. The molecule has 1 aliphatic rings. The summed E-state index contributed by atoms with van der Waals surface area (Å²) in [6, 6.07) is 7.30. The first-order valence-electron chi connectivity index (χ1n) is 7.64. The van der Waals surface area contributed by atoms with Crippen LogP contribution in [0.5, 0.6) is 0 Å². The largest absolute Gasteiger partial charge is 0.481 e. The highest BCUT2D eigenvalue weighted by atomic mass is 16.5. The average Bonchev–Trinajstić information content (AvgIpc) is 3.06. The molecule has 0 radical (unpaired) electrons. The third-order valence-electron chi connectivity index (χ3n) is 4.49. The number of aromatic nitrogens is 1. The summed E-state index contributed by atoms with van der Waals surface area (Å²) in [6.07, 6.45) is 0.372. The van der Waals surface area contributed by atoms with Gasteiger partial charge < -0.3 is 19.7 Å². The molecule has 2 N–H and O–H groups in total. The number of ether oxygens (including phenoxy) is 1. The third kappa shape index (κ3) is 2.82. The van der Waals surface area contributed by atoms with Crippen molar-refractivity contribution < 1.29 is 19.4 Å². The van der Waals surface area contributed by atoms with Gasteiger partial charge in [0, 0.05) is 36.3 Å². The van der Waals surface area contributed by atoms with Crippen LogP contribution in [0.1, 0.15) is 28.9 Å². The van der Waals surface area contributed by atoms with Crippen LogP contribution in [-0.2, 0) is 9.53 Å². The number of carbonyl (C=O) groups is 2. The van der Waals surface area contributed by atoms with Crippen molar-refractivity contribution in [1.82, 2.24) is 9.88 Å². The van der Waals surface area contributed by atoms with Crippen LogP contribution >= 0.6 is 0 Å². The normalized spacial score (nSPS) is 21.0. The summed E-state index contributed by atoms with van der Waals surface area (Å²) < 4.78 is 5.34. The first-order valence-corrected chi connectivity index (χ1v) is 7.64. The summed E-state index contributed by atoms with van der Waals surface area (Å²) in [5.41, 5.74) is 2.32. The summed E-state index contributed by atoms with van der Waals surface area (Å²) >= 11 is 0. The highest BCUT2D eigenvalue weighted by Gasteiger charge is 2.38. The Labute approximate surface area is 134 Å². The Kier molecular flexibility index (Phi) is 4.09. The third-order valence-corrected chi connectivity index (χ3v) is 4.49. The Morgan fingerprint density at radius 2 is 2.13 bits per heavy atom. The SMILES string of the molecule is COC1CC(CC(=O)O)N(C(=O)c2c(C)[nH]c3ccccc23)C1. The standard InChI is InChI=1S/C17H20N2O4/c1-10-16(13-5-3-4-6-14(13)18-10)17(22)19-9-12(23-2)7-11(19)8-15(20)21/h3-6,11-12,18H,7-9H2,1-2H3,(H,20,21). The molecule has 23 heavy (non-hydrogen) atoms. The minimum atomic E-state index is -0.903. The van der Waals surface area contributed by atoms with Crippen molar-refractivity contribution >= 4 is 22.8 Å². The Morgan fingerprint density at radius 3 is 2.83 bits per heavy atom. The number of para-hydroxylation sites is 1. The molecule has 1 aromatic carbocycles. The van der Waals surface area contributed by atoms with Gasteiger partial charge in [0.1, 0.15) is 0 Å². The second kappa shape index (κ2) is 6.04. The van der Waals surface area contributed by atoms with Gasteiger partial charge in [-0.25, -0.2) is 0 Å². The first-order chi connectivity index (χ1) is 11.0. The molecule has 1 amide bonds. The van der Waals surface area contributed by atoms with Gasteiger partial charge in [-0.2, -0.15) is 0 Å². The number of methoxy groups -OCH3 is 1. The molecule has 2 unspecified atom stereocenters. The fourth-order valence-electron chi connectivity index (χ4n) is 3.38. The van der Waals surface area contributed by atoms with Crippen LogP contribution in [0.3, 0.4) is 0 Å². The summed E-state index contributed by atoms with van der Waals surface area (Å²) in [6.45, 7) is 2.29. The van der Waals surface area contributed by atoms with Gasteiger partial charge in [0.05, 0.1) is 18.1 Å². The van der Waals surface area contributed by atoms with Crippen LogP contribution in [0.4, 0.5) is 0 Å². The fourth-order valence-corrected chi connectivity index (χ4v) is 3.38. The number of H-pyrrole nitrogens is 1. The average molecular weight is 316 g/mol. The number of aromatic amines is 1. The van der Waals surface area contributed by atoms with E-state index in [-0.39, 0.29) is 24.5 Å². The van der Waals surface area contributed by atoms with Crippen molar-refractivity contribution in [2.45, 2.75) is 31.9 Å². The number of amides is 1. The molecule has 1 aromatic heterocycles. The smallest absolute Gasteiger partial charge is 0.305 e. The van der Waals surface area contributed by atoms with Crippen molar-refractivity contribution in [3.05, 3.63) is 35.5 Å². The minimum absolute atomic E-state index is 0.0625. The molecule has 0 spiro atoms. The summed E-state index contributed by atoms with van der Waals surface area (Å²) in [4.78, 5) is 29.0. The lowest BCUT2D eigenvalue weighted by molar-refractivity contribution is -0.137. The van der Waals surface area contributed by atoms with E-state index in [2.05, 4.69) is 4.98 Å². The molecular formula is C17H20N2O4. The highest BCUT2D eigenvalue weighted by molar-refractivity contribution is 6.08. The van der Waals surface area contributed by atoms with E-state index in [1.807, 2.05) is 31.2 Å². The van der Waals surface area contributed by atoms with Crippen LogP contribution in [0.25, 0.3) is 10.9 Å². The van der Waals surface area contributed by atoms with Gasteiger partial charge >= 0.3 is 5.97 Å². The van der Waals surface area contributed by atoms with Crippen molar-refractivity contribution in [3.63, 3.8) is 0 Å². The van der Waals surface area contributed by atoms with Crippen molar-refractivity contribution in [2.24, 2.45) is 0 Å². The van der Waals surface area contributed by atoms with E-state index >= 15 is 0 Å². The maximum Gasteiger partial charge on any atom is 0.305 e. The lowest BCUT2D eigenvalue weighted by Gasteiger charge is -2.23. The number of carboxylic acids is 1. The molecule has 6 nitrogen and oxygen atoms in total. The van der Waals surface area contributed by atoms with Gasteiger partial charge in [-0.3, -0.25) is 9.59 Å². The van der Waals surface area contributed by atoms with Crippen LogP contribution < -0.4 is 0 Å². The van der Waals surface area contributed by atoms with Gasteiger partial charge in [-0.1, -0.05) is 18.2 Å². The van der Waals surface area contributed by atoms with E-state index in [9.17, 15) is 9.59 Å². The zero-order chi connectivity index (χ0) is 16.6. The van der Waals surface area contributed by atoms with Crippen LogP contribution in [0.2, 0.25) is 0 Å². The monoisotopic (exact) mass is 316 g/mol. The van der Waals surface area contributed by atoms with Gasteiger partial charge in [-0.15, -0.1) is 0 Å². The number of carbonyl (C=O) groups excluding carboxylic acids is 1. The second-order valence-electron chi connectivity index (χ2n) is 5.97. The molecule has 1 fully saturated rings. The van der Waals surface area contributed by atoms with Crippen molar-refractivity contribution in [1.29, 1.82) is 0 Å². The number of hydrogen-bond acceptors (Lipinski definition) is 3. The number of hydrogen-bond donors (Lipinski definition) is 2. The zero-order valence-corrected chi connectivity index (χ0v) is 13.2. The molecule has 2 heterocycles. The minimum Gasteiger partial charge on any atom is -0.481 e. The van der Waals surface area contributed by atoms with Crippen LogP contribution in [-0.4, -0.2) is 52.7 Å². The second-order valence-corrected chi connectivity index (χ2v) is 5.97. The number of aliphatic carboxylic acids is 1. The predicted octanol–water partition coefficient (Wildman–Crippen LogP) is 2.18. The van der Waals surface area contributed by atoms with E-state index in [0.29, 0.717) is 18.5 Å². The zero-order valence-electron chi connectivity index (χ0n) is 13.2. The Hall–Kier alpha value is -2.34. The Bertz CT molecular complexity index is 752. The van der Waals surface area contributed by atoms with Crippen molar-refractivity contribution in [3.8, 4) is 0 Å². The molecular weight excluding hydrogens is 296 g/mol. The number of benzene rings is 1. The highest BCUT2D eigenvalue weighted by Crippen LogP contribution is 2.29. The van der Waals surface area contributed by atoms with Crippen LogP contribution in [0.15, 0.2) is 24.3 Å². The van der Waals surface area contributed by atoms with E-state index in [1.54, 1.807) is 12.0 Å². The molecule has 0 bridgehead atoms. The maximum atomic E-state index is 13.1. The van der Waals surface area contributed by atoms with Gasteiger partial charge in [0.15, 0.2) is 0 Å².